The van der Waals surface area contributed by atoms with Crippen molar-refractivity contribution >= 4 is 5.91 Å². The van der Waals surface area contributed by atoms with Crippen LogP contribution in [0, 0.1) is 6.92 Å². The fraction of sp³-hybridized carbons (Fsp3) is 0.538. The molecule has 4 heteroatoms. The number of nitrogens with zero attached hydrogens (tertiary/aromatic N) is 1. The van der Waals surface area contributed by atoms with E-state index in [4.69, 9.17) is 5.73 Å². The molecule has 0 aromatic carbocycles. The highest BCUT2D eigenvalue weighted by molar-refractivity contribution is 5.94. The van der Waals surface area contributed by atoms with Crippen LogP contribution in [0.4, 0.5) is 0 Å². The second-order valence-electron chi connectivity index (χ2n) is 4.14. The van der Waals surface area contributed by atoms with Crippen LogP contribution >= 0.6 is 0 Å². The van der Waals surface area contributed by atoms with Crippen molar-refractivity contribution in [2.45, 2.75) is 32.6 Å². The van der Waals surface area contributed by atoms with E-state index >= 15 is 0 Å². The van der Waals surface area contributed by atoms with Gasteiger partial charge in [-0.1, -0.05) is 12.8 Å². The van der Waals surface area contributed by atoms with Gasteiger partial charge in [0.05, 0.1) is 0 Å². The van der Waals surface area contributed by atoms with Gasteiger partial charge < -0.3 is 11.1 Å². The number of hydrogen-bond donors (Lipinski definition) is 2. The number of hydrogen-bond acceptors (Lipinski definition) is 3. The normalized spacial score (nSPS) is 10.2. The predicted octanol–water partition coefficient (Wildman–Crippen LogP) is 1.64. The van der Waals surface area contributed by atoms with Crippen LogP contribution < -0.4 is 11.1 Å². The highest BCUT2D eigenvalue weighted by Crippen LogP contribution is 2.01. The summed E-state index contributed by atoms with van der Waals surface area (Å²) in [5.41, 5.74) is 6.95. The van der Waals surface area contributed by atoms with E-state index in [0.29, 0.717) is 5.56 Å². The lowest BCUT2D eigenvalue weighted by molar-refractivity contribution is 0.0952. The summed E-state index contributed by atoms with van der Waals surface area (Å²) in [6.45, 7) is 3.36. The molecule has 0 aliphatic heterocycles. The summed E-state index contributed by atoms with van der Waals surface area (Å²) in [5.74, 6) is -0.0191. The number of aryl methyl sites for hydroxylation is 1. The van der Waals surface area contributed by atoms with E-state index in [0.717, 1.165) is 44.5 Å². The SMILES string of the molecule is Cc1cc(C(=O)NCCCCCCN)ccn1. The predicted molar refractivity (Wildman–Crippen MR) is 68.8 cm³/mol. The summed E-state index contributed by atoms with van der Waals surface area (Å²) >= 11 is 0. The molecule has 17 heavy (non-hydrogen) atoms. The smallest absolute Gasteiger partial charge is 0.251 e. The maximum atomic E-state index is 11.7. The maximum absolute atomic E-state index is 11.7. The van der Waals surface area contributed by atoms with Crippen LogP contribution in [0.5, 0.6) is 0 Å². The lowest BCUT2D eigenvalue weighted by Crippen LogP contribution is -2.24. The Morgan fingerprint density at radius 3 is 2.82 bits per heavy atom. The summed E-state index contributed by atoms with van der Waals surface area (Å²) in [6.07, 6.45) is 5.99. The zero-order valence-corrected chi connectivity index (χ0v) is 10.4. The van der Waals surface area contributed by atoms with Gasteiger partial charge in [-0.2, -0.15) is 0 Å². The van der Waals surface area contributed by atoms with Gasteiger partial charge in [-0.3, -0.25) is 9.78 Å². The van der Waals surface area contributed by atoms with Gasteiger partial charge in [0.25, 0.3) is 5.91 Å². The Bertz CT molecular complexity index is 352. The Morgan fingerprint density at radius 1 is 1.35 bits per heavy atom. The molecule has 4 nitrogen and oxygen atoms in total. The minimum Gasteiger partial charge on any atom is -0.352 e. The number of nitrogens with one attached hydrogen (secondary N) is 1. The first kappa shape index (κ1) is 13.6. The van der Waals surface area contributed by atoms with Gasteiger partial charge in [-0.05, 0) is 38.4 Å². The number of aromatic nitrogens is 1. The van der Waals surface area contributed by atoms with Gasteiger partial charge in [0.1, 0.15) is 0 Å². The lowest BCUT2D eigenvalue weighted by Gasteiger charge is -2.05. The molecule has 1 amide bonds. The van der Waals surface area contributed by atoms with Crippen LogP contribution in [0.1, 0.15) is 41.7 Å². The molecule has 0 aliphatic rings. The Morgan fingerprint density at radius 2 is 2.12 bits per heavy atom. The molecule has 1 aromatic heterocycles. The van der Waals surface area contributed by atoms with Crippen molar-refractivity contribution in [3.8, 4) is 0 Å². The number of rotatable bonds is 7. The van der Waals surface area contributed by atoms with Crippen molar-refractivity contribution in [3.63, 3.8) is 0 Å². The number of carbonyl (C=O) groups excluding carboxylic acids is 1. The van der Waals surface area contributed by atoms with Gasteiger partial charge in [0.15, 0.2) is 0 Å². The lowest BCUT2D eigenvalue weighted by atomic mass is 10.2. The largest absolute Gasteiger partial charge is 0.352 e. The average Bonchev–Trinajstić information content (AvgIpc) is 2.33. The van der Waals surface area contributed by atoms with E-state index in [1.165, 1.54) is 0 Å². The molecule has 0 fully saturated rings. The van der Waals surface area contributed by atoms with Crippen molar-refractivity contribution in [3.05, 3.63) is 29.6 Å². The van der Waals surface area contributed by atoms with Crippen molar-refractivity contribution in [2.24, 2.45) is 5.73 Å². The monoisotopic (exact) mass is 235 g/mol. The van der Waals surface area contributed by atoms with E-state index < -0.39 is 0 Å². The second-order valence-corrected chi connectivity index (χ2v) is 4.14. The molecule has 0 saturated heterocycles. The zero-order valence-electron chi connectivity index (χ0n) is 10.4. The van der Waals surface area contributed by atoms with Crippen molar-refractivity contribution in [1.82, 2.24) is 10.3 Å². The number of carbonyl (C=O) groups is 1. The summed E-state index contributed by atoms with van der Waals surface area (Å²) in [5, 5.41) is 2.91. The average molecular weight is 235 g/mol. The van der Waals surface area contributed by atoms with Gasteiger partial charge in [0.2, 0.25) is 0 Å². The standard InChI is InChI=1S/C13H21N3O/c1-11-10-12(6-9-15-11)13(17)16-8-5-3-2-4-7-14/h6,9-10H,2-5,7-8,14H2,1H3,(H,16,17). The maximum Gasteiger partial charge on any atom is 0.251 e. The molecule has 0 atom stereocenters. The second kappa shape index (κ2) is 7.79. The molecule has 0 unspecified atom stereocenters. The molecular formula is C13H21N3O. The Kier molecular flexibility index (Phi) is 6.25. The Hall–Kier alpha value is -1.42. The van der Waals surface area contributed by atoms with Crippen LogP contribution in [0.2, 0.25) is 0 Å². The molecule has 0 bridgehead atoms. The highest BCUT2D eigenvalue weighted by Gasteiger charge is 2.04. The number of amides is 1. The Labute approximate surface area is 103 Å². The van der Waals surface area contributed by atoms with Crippen LogP contribution in [0.15, 0.2) is 18.3 Å². The van der Waals surface area contributed by atoms with E-state index in [9.17, 15) is 4.79 Å². The van der Waals surface area contributed by atoms with E-state index in [-0.39, 0.29) is 5.91 Å². The quantitative estimate of drug-likeness (QED) is 0.706. The minimum atomic E-state index is -0.0191. The third kappa shape index (κ3) is 5.45. The topological polar surface area (TPSA) is 68.0 Å². The van der Waals surface area contributed by atoms with Gasteiger partial charge in [-0.15, -0.1) is 0 Å². The molecular weight excluding hydrogens is 214 g/mol. The van der Waals surface area contributed by atoms with Crippen LogP contribution in [-0.4, -0.2) is 24.0 Å². The molecule has 1 heterocycles. The van der Waals surface area contributed by atoms with Crippen molar-refractivity contribution < 1.29 is 4.79 Å². The van der Waals surface area contributed by atoms with Crippen molar-refractivity contribution in [2.75, 3.05) is 13.1 Å². The molecule has 1 aromatic rings. The first-order chi connectivity index (χ1) is 8.24. The molecule has 0 saturated carbocycles. The van der Waals surface area contributed by atoms with E-state index in [1.807, 2.05) is 6.92 Å². The number of nitrogens with two attached hydrogens (primary N) is 1. The van der Waals surface area contributed by atoms with Crippen LogP contribution in [0.3, 0.4) is 0 Å². The molecule has 0 spiro atoms. The summed E-state index contributed by atoms with van der Waals surface area (Å²) in [4.78, 5) is 15.8. The van der Waals surface area contributed by atoms with Crippen LogP contribution in [0.25, 0.3) is 0 Å². The van der Waals surface area contributed by atoms with E-state index in [2.05, 4.69) is 10.3 Å². The third-order valence-electron chi connectivity index (χ3n) is 2.58. The highest BCUT2D eigenvalue weighted by atomic mass is 16.1. The van der Waals surface area contributed by atoms with E-state index in [1.54, 1.807) is 18.3 Å². The third-order valence-corrected chi connectivity index (χ3v) is 2.58. The number of unbranched alkanes of at least 4 members (excludes halogenated alkanes) is 3. The number of pyridine rings is 1. The van der Waals surface area contributed by atoms with Gasteiger partial charge >= 0.3 is 0 Å². The molecule has 0 radical (unpaired) electrons. The minimum absolute atomic E-state index is 0.0191. The fourth-order valence-corrected chi connectivity index (χ4v) is 1.61. The van der Waals surface area contributed by atoms with Crippen LogP contribution in [-0.2, 0) is 0 Å². The fourth-order valence-electron chi connectivity index (χ4n) is 1.61. The Balaban J connectivity index is 2.21. The van der Waals surface area contributed by atoms with Gasteiger partial charge in [0, 0.05) is 24.0 Å². The molecule has 0 aliphatic carbocycles. The molecule has 3 N–H and O–H groups in total. The summed E-state index contributed by atoms with van der Waals surface area (Å²) in [7, 11) is 0. The van der Waals surface area contributed by atoms with Crippen molar-refractivity contribution in [1.29, 1.82) is 0 Å². The zero-order chi connectivity index (χ0) is 12.5. The first-order valence-electron chi connectivity index (χ1n) is 6.15. The summed E-state index contributed by atoms with van der Waals surface area (Å²) < 4.78 is 0. The van der Waals surface area contributed by atoms with Gasteiger partial charge in [-0.25, -0.2) is 0 Å². The molecule has 94 valence electrons. The first-order valence-corrected chi connectivity index (χ1v) is 6.15. The molecule has 1 rings (SSSR count). The summed E-state index contributed by atoms with van der Waals surface area (Å²) in [6, 6.07) is 3.53.